The van der Waals surface area contributed by atoms with Gasteiger partial charge in [-0.05, 0) is 6.92 Å². The Balaban J connectivity index is 1.93. The number of nitrogens with zero attached hydrogens (tertiary/aromatic N) is 2. The molecule has 78 valence electrons. The van der Waals surface area contributed by atoms with Crippen LogP contribution in [-0.4, -0.2) is 28.2 Å². The van der Waals surface area contributed by atoms with Crippen LogP contribution in [0.2, 0.25) is 0 Å². The lowest BCUT2D eigenvalue weighted by Crippen LogP contribution is -2.26. The van der Waals surface area contributed by atoms with Crippen molar-refractivity contribution in [3.8, 4) is 0 Å². The molecule has 2 unspecified atom stereocenters. The number of carbonyl (C=O) groups excluding carboxylic acids is 1. The van der Waals surface area contributed by atoms with Crippen molar-refractivity contribution in [3.63, 3.8) is 0 Å². The molecule has 0 bridgehead atoms. The molecule has 1 N–H and O–H groups in total. The van der Waals surface area contributed by atoms with E-state index in [9.17, 15) is 4.79 Å². The molecule has 2 fully saturated rings. The molecular formula is C10H11N3O2. The molecule has 5 nitrogen and oxygen atoms in total. The molecule has 5 heteroatoms. The lowest BCUT2D eigenvalue weighted by molar-refractivity contribution is 0.114. The third kappa shape index (κ3) is 1.00. The first-order chi connectivity index (χ1) is 7.16. The van der Waals surface area contributed by atoms with Gasteiger partial charge in [-0.25, -0.2) is 4.79 Å². The van der Waals surface area contributed by atoms with Crippen LogP contribution >= 0.6 is 0 Å². The highest BCUT2D eigenvalue weighted by Crippen LogP contribution is 2.60. The van der Waals surface area contributed by atoms with Crippen LogP contribution in [0.1, 0.15) is 19.0 Å². The Morgan fingerprint density at radius 3 is 3.00 bits per heavy atom. The van der Waals surface area contributed by atoms with Crippen LogP contribution in [0.3, 0.4) is 0 Å². The van der Waals surface area contributed by atoms with Crippen molar-refractivity contribution in [1.82, 2.24) is 15.3 Å². The molecule has 0 aromatic carbocycles. The number of hydrogen-bond acceptors (Lipinski definition) is 4. The summed E-state index contributed by atoms with van der Waals surface area (Å²) in [4.78, 5) is 19.4. The van der Waals surface area contributed by atoms with E-state index in [0.717, 1.165) is 12.1 Å². The average Bonchev–Trinajstić information content (AvgIpc) is 2.63. The summed E-state index contributed by atoms with van der Waals surface area (Å²) in [6.07, 6.45) is 5.53. The third-order valence-corrected chi connectivity index (χ3v) is 3.45. The second-order valence-corrected chi connectivity index (χ2v) is 4.34. The Bertz CT molecular complexity index is 422. The molecule has 1 aliphatic heterocycles. The Labute approximate surface area is 86.9 Å². The van der Waals surface area contributed by atoms with E-state index in [1.807, 2.05) is 0 Å². The van der Waals surface area contributed by atoms with Crippen molar-refractivity contribution in [3.05, 3.63) is 24.3 Å². The standard InChI is InChI=1S/C10H11N3O2/c1-9(7-4-11-2-3-12-7)5-10(9)6-13-8(14)15-10/h2-4H,5-6H2,1H3,(H,13,14). The summed E-state index contributed by atoms with van der Waals surface area (Å²) in [5.41, 5.74) is 0.321. The molecule has 1 saturated carbocycles. The SMILES string of the molecule is CC1(c2cnccn2)CC12CNC(=O)O2. The highest BCUT2D eigenvalue weighted by Gasteiger charge is 2.71. The Hall–Kier alpha value is -1.65. The number of aromatic nitrogens is 2. The molecule has 3 rings (SSSR count). The largest absolute Gasteiger partial charge is 0.440 e. The van der Waals surface area contributed by atoms with Crippen molar-refractivity contribution in [2.75, 3.05) is 6.54 Å². The normalized spacial score (nSPS) is 37.5. The van der Waals surface area contributed by atoms with E-state index in [2.05, 4.69) is 22.2 Å². The molecular weight excluding hydrogens is 194 g/mol. The van der Waals surface area contributed by atoms with E-state index in [1.54, 1.807) is 18.6 Å². The van der Waals surface area contributed by atoms with Gasteiger partial charge in [0.05, 0.1) is 17.7 Å². The van der Waals surface area contributed by atoms with Gasteiger partial charge < -0.3 is 10.1 Å². The maximum absolute atomic E-state index is 11.0. The first-order valence-corrected chi connectivity index (χ1v) is 4.90. The number of ether oxygens (including phenoxy) is 1. The number of nitrogens with one attached hydrogen (secondary N) is 1. The molecule has 2 heterocycles. The molecule has 1 amide bonds. The van der Waals surface area contributed by atoms with Crippen LogP contribution in [0.4, 0.5) is 4.79 Å². The predicted molar refractivity (Wildman–Crippen MR) is 51.2 cm³/mol. The van der Waals surface area contributed by atoms with Crippen LogP contribution in [0.25, 0.3) is 0 Å². The number of carbonyl (C=O) groups is 1. The summed E-state index contributed by atoms with van der Waals surface area (Å²) in [7, 11) is 0. The second-order valence-electron chi connectivity index (χ2n) is 4.34. The van der Waals surface area contributed by atoms with Gasteiger partial charge >= 0.3 is 6.09 Å². The summed E-state index contributed by atoms with van der Waals surface area (Å²) in [6, 6.07) is 0. The smallest absolute Gasteiger partial charge is 0.407 e. The van der Waals surface area contributed by atoms with Gasteiger partial charge in [0.1, 0.15) is 5.60 Å². The predicted octanol–water partition coefficient (Wildman–Crippen LogP) is 0.617. The quantitative estimate of drug-likeness (QED) is 0.729. The number of hydrogen-bond donors (Lipinski definition) is 1. The minimum Gasteiger partial charge on any atom is -0.440 e. The van der Waals surface area contributed by atoms with Gasteiger partial charge in [-0.2, -0.15) is 0 Å². The zero-order valence-electron chi connectivity index (χ0n) is 8.36. The zero-order chi connectivity index (χ0) is 10.5. The van der Waals surface area contributed by atoms with Gasteiger partial charge in [0.25, 0.3) is 0 Å². The Morgan fingerprint density at radius 2 is 2.40 bits per heavy atom. The zero-order valence-corrected chi connectivity index (χ0v) is 8.36. The highest BCUT2D eigenvalue weighted by molar-refractivity contribution is 5.72. The van der Waals surface area contributed by atoms with E-state index in [1.165, 1.54) is 0 Å². The number of alkyl carbamates (subject to hydrolysis) is 1. The van der Waals surface area contributed by atoms with Gasteiger partial charge in [0, 0.05) is 25.0 Å². The molecule has 0 radical (unpaired) electrons. The minimum absolute atomic E-state index is 0.180. The van der Waals surface area contributed by atoms with Crippen molar-refractivity contribution in [1.29, 1.82) is 0 Å². The average molecular weight is 205 g/mol. The fourth-order valence-electron chi connectivity index (χ4n) is 2.31. The Kier molecular flexibility index (Phi) is 1.43. The summed E-state index contributed by atoms with van der Waals surface area (Å²) in [5, 5.41) is 2.69. The maximum Gasteiger partial charge on any atom is 0.407 e. The van der Waals surface area contributed by atoms with Crippen LogP contribution in [-0.2, 0) is 10.2 Å². The summed E-state index contributed by atoms with van der Waals surface area (Å²) >= 11 is 0. The van der Waals surface area contributed by atoms with Gasteiger partial charge in [-0.15, -0.1) is 0 Å². The van der Waals surface area contributed by atoms with Crippen molar-refractivity contribution >= 4 is 6.09 Å². The summed E-state index contributed by atoms with van der Waals surface area (Å²) in [5.74, 6) is 0. The lowest BCUT2D eigenvalue weighted by atomic mass is 10.0. The summed E-state index contributed by atoms with van der Waals surface area (Å²) in [6.45, 7) is 2.62. The van der Waals surface area contributed by atoms with E-state index in [4.69, 9.17) is 4.74 Å². The second kappa shape index (κ2) is 2.48. The minimum atomic E-state index is -0.389. The fraction of sp³-hybridized carbons (Fsp3) is 0.500. The molecule has 2 atom stereocenters. The monoisotopic (exact) mass is 205 g/mol. The van der Waals surface area contributed by atoms with Gasteiger partial charge in [0.2, 0.25) is 0 Å². The lowest BCUT2D eigenvalue weighted by Gasteiger charge is -2.14. The van der Waals surface area contributed by atoms with E-state index in [0.29, 0.717) is 6.54 Å². The molecule has 2 aliphatic rings. The number of rotatable bonds is 1. The topological polar surface area (TPSA) is 64.1 Å². The third-order valence-electron chi connectivity index (χ3n) is 3.45. The van der Waals surface area contributed by atoms with Crippen LogP contribution < -0.4 is 5.32 Å². The van der Waals surface area contributed by atoms with Gasteiger partial charge in [-0.1, -0.05) is 0 Å². The van der Waals surface area contributed by atoms with Crippen molar-refractivity contribution in [2.45, 2.75) is 24.4 Å². The van der Waals surface area contributed by atoms with Crippen LogP contribution in [0.5, 0.6) is 0 Å². The fourth-order valence-corrected chi connectivity index (χ4v) is 2.31. The highest BCUT2D eigenvalue weighted by atomic mass is 16.6. The van der Waals surface area contributed by atoms with Crippen molar-refractivity contribution in [2.24, 2.45) is 0 Å². The molecule has 1 aromatic rings. The Morgan fingerprint density at radius 1 is 1.53 bits per heavy atom. The first-order valence-electron chi connectivity index (χ1n) is 4.90. The molecule has 1 spiro atoms. The molecule has 1 aromatic heterocycles. The maximum atomic E-state index is 11.0. The van der Waals surface area contributed by atoms with E-state index >= 15 is 0 Å². The van der Waals surface area contributed by atoms with Gasteiger partial charge in [-0.3, -0.25) is 9.97 Å². The van der Waals surface area contributed by atoms with Crippen LogP contribution in [0, 0.1) is 0 Å². The molecule has 1 aliphatic carbocycles. The van der Waals surface area contributed by atoms with E-state index in [-0.39, 0.29) is 17.1 Å². The number of amides is 1. The summed E-state index contributed by atoms with van der Waals surface area (Å²) < 4.78 is 5.31. The molecule has 1 saturated heterocycles. The van der Waals surface area contributed by atoms with Crippen LogP contribution in [0.15, 0.2) is 18.6 Å². The van der Waals surface area contributed by atoms with E-state index < -0.39 is 0 Å². The molecule has 15 heavy (non-hydrogen) atoms. The first kappa shape index (κ1) is 8.64. The van der Waals surface area contributed by atoms with Crippen molar-refractivity contribution < 1.29 is 9.53 Å². The van der Waals surface area contributed by atoms with Gasteiger partial charge in [0.15, 0.2) is 0 Å².